The molecule has 7 heteroatoms. The van der Waals surface area contributed by atoms with E-state index in [1.54, 1.807) is 4.68 Å². The average molecular weight is 443 g/mol. The van der Waals surface area contributed by atoms with Crippen LogP contribution in [0.5, 0.6) is 0 Å². The number of hydrogen-bond donors (Lipinski definition) is 0. The van der Waals surface area contributed by atoms with Crippen molar-refractivity contribution < 1.29 is 4.79 Å². The molecule has 0 radical (unpaired) electrons. The van der Waals surface area contributed by atoms with E-state index >= 15 is 0 Å². The summed E-state index contributed by atoms with van der Waals surface area (Å²) < 4.78 is 1.71. The van der Waals surface area contributed by atoms with E-state index in [2.05, 4.69) is 41.2 Å². The van der Waals surface area contributed by atoms with Crippen molar-refractivity contribution in [3.8, 4) is 0 Å². The number of amides is 1. The van der Waals surface area contributed by atoms with Gasteiger partial charge in [0.15, 0.2) is 0 Å². The van der Waals surface area contributed by atoms with Crippen LogP contribution in [0.3, 0.4) is 0 Å². The molecule has 1 aliphatic heterocycles. The summed E-state index contributed by atoms with van der Waals surface area (Å²) >= 11 is 12.7. The maximum Gasteiger partial charge on any atom is 0.259 e. The summed E-state index contributed by atoms with van der Waals surface area (Å²) in [6.07, 6.45) is 0. The molecular weight excluding hydrogens is 419 g/mol. The summed E-state index contributed by atoms with van der Waals surface area (Å²) in [5, 5.41) is 5.64. The number of halogens is 2. The largest absolute Gasteiger partial charge is 0.368 e. The Morgan fingerprint density at radius 1 is 1.00 bits per heavy atom. The van der Waals surface area contributed by atoms with Crippen molar-refractivity contribution in [1.82, 2.24) is 14.7 Å². The second-order valence-electron chi connectivity index (χ2n) is 7.65. The summed E-state index contributed by atoms with van der Waals surface area (Å²) in [5.41, 5.74) is 4.54. The Balaban J connectivity index is 1.46. The van der Waals surface area contributed by atoms with Crippen LogP contribution in [-0.2, 0) is 6.54 Å². The minimum absolute atomic E-state index is 0.0570. The molecule has 1 saturated heterocycles. The Labute approximate surface area is 186 Å². The second-order valence-corrected chi connectivity index (χ2v) is 8.45. The van der Waals surface area contributed by atoms with Crippen molar-refractivity contribution in [2.24, 2.45) is 0 Å². The molecule has 0 atom stereocenters. The lowest BCUT2D eigenvalue weighted by Gasteiger charge is -2.36. The molecule has 30 heavy (non-hydrogen) atoms. The molecule has 0 spiro atoms. The molecule has 1 amide bonds. The van der Waals surface area contributed by atoms with E-state index in [0.717, 1.165) is 29.4 Å². The van der Waals surface area contributed by atoms with Crippen LogP contribution in [0.2, 0.25) is 10.2 Å². The van der Waals surface area contributed by atoms with Crippen molar-refractivity contribution in [1.29, 1.82) is 0 Å². The smallest absolute Gasteiger partial charge is 0.259 e. The Morgan fingerprint density at radius 2 is 1.70 bits per heavy atom. The van der Waals surface area contributed by atoms with E-state index < -0.39 is 0 Å². The van der Waals surface area contributed by atoms with Crippen LogP contribution in [0.25, 0.3) is 0 Å². The van der Waals surface area contributed by atoms with Gasteiger partial charge in [0.1, 0.15) is 5.15 Å². The predicted molar refractivity (Wildman–Crippen MR) is 122 cm³/mol. The number of carbonyl (C=O) groups is 1. The van der Waals surface area contributed by atoms with Crippen molar-refractivity contribution in [2.45, 2.75) is 20.4 Å². The fourth-order valence-electron chi connectivity index (χ4n) is 3.77. The molecule has 0 unspecified atom stereocenters. The molecule has 2 heterocycles. The topological polar surface area (TPSA) is 41.4 Å². The monoisotopic (exact) mass is 442 g/mol. The average Bonchev–Trinajstić information content (AvgIpc) is 3.02. The van der Waals surface area contributed by atoms with Gasteiger partial charge < -0.3 is 9.80 Å². The predicted octanol–water partition coefficient (Wildman–Crippen LogP) is 4.82. The minimum atomic E-state index is -0.0570. The van der Waals surface area contributed by atoms with Crippen LogP contribution < -0.4 is 4.90 Å². The van der Waals surface area contributed by atoms with Crippen LogP contribution in [0, 0.1) is 13.8 Å². The molecule has 3 aromatic rings. The number of anilines is 1. The first-order chi connectivity index (χ1) is 14.4. The van der Waals surface area contributed by atoms with Crippen LogP contribution in [0.4, 0.5) is 5.69 Å². The molecule has 1 aromatic heterocycles. The van der Waals surface area contributed by atoms with Gasteiger partial charge in [-0.1, -0.05) is 59.1 Å². The summed E-state index contributed by atoms with van der Waals surface area (Å²) in [5.74, 6) is -0.0570. The van der Waals surface area contributed by atoms with Gasteiger partial charge in [0.05, 0.1) is 17.8 Å². The maximum atomic E-state index is 13.2. The zero-order valence-electron chi connectivity index (χ0n) is 17.1. The molecule has 156 valence electrons. The van der Waals surface area contributed by atoms with Gasteiger partial charge in [-0.15, -0.1) is 0 Å². The Kier molecular flexibility index (Phi) is 6.02. The molecule has 0 bridgehead atoms. The number of benzene rings is 2. The maximum absolute atomic E-state index is 13.2. The second kappa shape index (κ2) is 8.70. The number of aryl methyl sites for hydroxylation is 2. The highest BCUT2D eigenvalue weighted by molar-refractivity contribution is 6.33. The fraction of sp³-hybridized carbons (Fsp3) is 0.304. The highest BCUT2D eigenvalue weighted by atomic mass is 35.5. The lowest BCUT2D eigenvalue weighted by Crippen LogP contribution is -2.49. The number of aromatic nitrogens is 2. The zero-order valence-corrected chi connectivity index (χ0v) is 18.6. The summed E-state index contributed by atoms with van der Waals surface area (Å²) in [6, 6.07) is 16.0. The summed E-state index contributed by atoms with van der Waals surface area (Å²) in [7, 11) is 0. The number of hydrogen-bond acceptors (Lipinski definition) is 3. The first-order valence-electron chi connectivity index (χ1n) is 10.0. The van der Waals surface area contributed by atoms with Crippen LogP contribution in [0.1, 0.15) is 27.2 Å². The number of carbonyl (C=O) groups excluding carboxylic acids is 1. The van der Waals surface area contributed by atoms with Gasteiger partial charge >= 0.3 is 0 Å². The quantitative estimate of drug-likeness (QED) is 0.581. The number of piperazine rings is 1. The lowest BCUT2D eigenvalue weighted by molar-refractivity contribution is 0.0746. The number of nitrogens with zero attached hydrogens (tertiary/aromatic N) is 4. The number of rotatable bonds is 4. The van der Waals surface area contributed by atoms with Crippen molar-refractivity contribution in [3.05, 3.63) is 81.1 Å². The van der Waals surface area contributed by atoms with E-state index in [1.807, 2.05) is 36.1 Å². The van der Waals surface area contributed by atoms with Gasteiger partial charge in [-0.3, -0.25) is 4.79 Å². The van der Waals surface area contributed by atoms with Gasteiger partial charge in [0.2, 0.25) is 0 Å². The standard InChI is InChI=1S/C23H24Cl2N4O/c1-16-6-8-18(9-7-16)15-29-22(25)21(17(2)26-29)23(30)28-12-10-27(11-13-28)20-5-3-4-19(24)14-20/h3-9,14H,10-13,15H2,1-2H3. The fourth-order valence-corrected chi connectivity index (χ4v) is 4.27. The highest BCUT2D eigenvalue weighted by Gasteiger charge is 2.28. The van der Waals surface area contributed by atoms with Crippen molar-refractivity contribution in [3.63, 3.8) is 0 Å². The first kappa shape index (κ1) is 20.8. The molecule has 0 saturated carbocycles. The van der Waals surface area contributed by atoms with Crippen molar-refractivity contribution in [2.75, 3.05) is 31.1 Å². The Bertz CT molecular complexity index is 1050. The Morgan fingerprint density at radius 3 is 2.37 bits per heavy atom. The molecule has 4 rings (SSSR count). The SMILES string of the molecule is Cc1ccc(Cn2nc(C)c(C(=O)N3CCN(c4cccc(Cl)c4)CC3)c2Cl)cc1. The van der Waals surface area contributed by atoms with E-state index in [9.17, 15) is 4.79 Å². The molecule has 5 nitrogen and oxygen atoms in total. The van der Waals surface area contributed by atoms with E-state index in [1.165, 1.54) is 5.56 Å². The molecule has 2 aromatic carbocycles. The van der Waals surface area contributed by atoms with E-state index in [0.29, 0.717) is 36.0 Å². The van der Waals surface area contributed by atoms with E-state index in [-0.39, 0.29) is 5.91 Å². The minimum Gasteiger partial charge on any atom is -0.368 e. The third-order valence-corrected chi connectivity index (χ3v) is 6.09. The highest BCUT2D eigenvalue weighted by Crippen LogP contribution is 2.25. The zero-order chi connectivity index (χ0) is 21.3. The molecule has 1 fully saturated rings. The Hall–Kier alpha value is -2.50. The third-order valence-electron chi connectivity index (χ3n) is 5.47. The summed E-state index contributed by atoms with van der Waals surface area (Å²) in [6.45, 7) is 7.19. The lowest BCUT2D eigenvalue weighted by atomic mass is 10.1. The molecule has 0 aliphatic carbocycles. The van der Waals surface area contributed by atoms with Gasteiger partial charge in [-0.05, 0) is 37.6 Å². The van der Waals surface area contributed by atoms with Gasteiger partial charge in [0.25, 0.3) is 5.91 Å². The molecule has 1 aliphatic rings. The van der Waals surface area contributed by atoms with E-state index in [4.69, 9.17) is 23.2 Å². The summed E-state index contributed by atoms with van der Waals surface area (Å²) in [4.78, 5) is 17.3. The molecule has 0 N–H and O–H groups in total. The first-order valence-corrected chi connectivity index (χ1v) is 10.8. The van der Waals surface area contributed by atoms with Crippen molar-refractivity contribution >= 4 is 34.8 Å². The van der Waals surface area contributed by atoms with Gasteiger partial charge in [-0.2, -0.15) is 5.10 Å². The van der Waals surface area contributed by atoms with Gasteiger partial charge in [-0.25, -0.2) is 4.68 Å². The normalized spacial score (nSPS) is 14.3. The van der Waals surface area contributed by atoms with Crippen LogP contribution in [-0.4, -0.2) is 46.8 Å². The molecular formula is C23H24Cl2N4O. The third kappa shape index (κ3) is 4.32. The van der Waals surface area contributed by atoms with Gasteiger partial charge in [0, 0.05) is 36.9 Å². The van der Waals surface area contributed by atoms with Crippen LogP contribution >= 0.6 is 23.2 Å². The van der Waals surface area contributed by atoms with Crippen LogP contribution in [0.15, 0.2) is 48.5 Å².